The Balaban J connectivity index is 2.40. The summed E-state index contributed by atoms with van der Waals surface area (Å²) in [5.41, 5.74) is 12.6. The number of anilines is 1. The maximum atomic E-state index is 11.2. The molecular weight excluding hydrogens is 292 g/mol. The van der Waals surface area contributed by atoms with Gasteiger partial charge in [0, 0.05) is 11.6 Å². The number of benzene rings is 2. The molecule has 0 heterocycles. The van der Waals surface area contributed by atoms with E-state index in [4.69, 9.17) is 32.5 Å². The number of nitrogens with two attached hydrogens (primary N) is 2. The molecule has 0 aliphatic carbocycles. The van der Waals surface area contributed by atoms with E-state index in [0.717, 1.165) is 5.56 Å². The van der Waals surface area contributed by atoms with Crippen molar-refractivity contribution in [2.24, 2.45) is 5.73 Å². The molecule has 0 bridgehead atoms. The number of halogens is 1. The summed E-state index contributed by atoms with van der Waals surface area (Å²) < 4.78 is 11.0. The molecule has 110 valence electrons. The molecule has 0 fully saturated rings. The Bertz CT molecular complexity index is 702. The van der Waals surface area contributed by atoms with Gasteiger partial charge in [-0.05, 0) is 36.8 Å². The van der Waals surface area contributed by atoms with E-state index >= 15 is 0 Å². The summed E-state index contributed by atoms with van der Waals surface area (Å²) in [6, 6.07) is 8.05. The standard InChI is InChI=1S/C15H15ClN2O3/c1-8-5-11(17)10(16)7-13(8)21-12-4-3-9(15(18)19)6-14(12)20-2/h3-7H,17H2,1-2H3,(H2,18,19). The highest BCUT2D eigenvalue weighted by Crippen LogP contribution is 2.36. The topological polar surface area (TPSA) is 87.6 Å². The molecule has 0 radical (unpaired) electrons. The van der Waals surface area contributed by atoms with Gasteiger partial charge >= 0.3 is 0 Å². The van der Waals surface area contributed by atoms with Crippen molar-refractivity contribution in [1.29, 1.82) is 0 Å². The number of nitrogen functional groups attached to an aromatic ring is 1. The second-order valence-corrected chi connectivity index (χ2v) is 4.88. The summed E-state index contributed by atoms with van der Waals surface area (Å²) >= 11 is 6.00. The molecule has 1 amide bonds. The molecule has 0 aliphatic rings. The first kappa shape index (κ1) is 15.0. The van der Waals surface area contributed by atoms with Crippen LogP contribution in [0.1, 0.15) is 15.9 Å². The van der Waals surface area contributed by atoms with E-state index in [9.17, 15) is 4.79 Å². The monoisotopic (exact) mass is 306 g/mol. The van der Waals surface area contributed by atoms with Crippen LogP contribution in [0.15, 0.2) is 30.3 Å². The molecule has 21 heavy (non-hydrogen) atoms. The lowest BCUT2D eigenvalue weighted by atomic mass is 10.2. The normalized spacial score (nSPS) is 10.2. The first-order valence-electron chi connectivity index (χ1n) is 6.13. The summed E-state index contributed by atoms with van der Waals surface area (Å²) in [4.78, 5) is 11.2. The number of carbonyl (C=O) groups excluding carboxylic acids is 1. The molecule has 0 spiro atoms. The van der Waals surface area contributed by atoms with Gasteiger partial charge < -0.3 is 20.9 Å². The third kappa shape index (κ3) is 3.20. The molecule has 2 aromatic rings. The Morgan fingerprint density at radius 2 is 1.86 bits per heavy atom. The smallest absolute Gasteiger partial charge is 0.248 e. The van der Waals surface area contributed by atoms with Crippen LogP contribution in [0.3, 0.4) is 0 Å². The average molecular weight is 307 g/mol. The first-order valence-corrected chi connectivity index (χ1v) is 6.51. The van der Waals surface area contributed by atoms with Crippen LogP contribution in [0.25, 0.3) is 0 Å². The lowest BCUT2D eigenvalue weighted by Crippen LogP contribution is -2.10. The lowest BCUT2D eigenvalue weighted by molar-refractivity contribution is 0.1000. The molecule has 0 aromatic heterocycles. The summed E-state index contributed by atoms with van der Waals surface area (Å²) in [5.74, 6) is 0.871. The average Bonchev–Trinajstić information content (AvgIpc) is 2.44. The number of primary amides is 1. The fraction of sp³-hybridized carbons (Fsp3) is 0.133. The van der Waals surface area contributed by atoms with Crippen molar-refractivity contribution >= 4 is 23.2 Å². The van der Waals surface area contributed by atoms with Crippen molar-refractivity contribution in [1.82, 2.24) is 0 Å². The van der Waals surface area contributed by atoms with Crippen LogP contribution in [-0.2, 0) is 0 Å². The maximum Gasteiger partial charge on any atom is 0.248 e. The number of aryl methyl sites for hydroxylation is 1. The Labute approximate surface area is 127 Å². The molecule has 5 nitrogen and oxygen atoms in total. The van der Waals surface area contributed by atoms with Gasteiger partial charge in [-0.2, -0.15) is 0 Å². The van der Waals surface area contributed by atoms with Gasteiger partial charge in [0.1, 0.15) is 5.75 Å². The van der Waals surface area contributed by atoms with Gasteiger partial charge in [-0.3, -0.25) is 4.79 Å². The molecule has 2 aromatic carbocycles. The van der Waals surface area contributed by atoms with Crippen molar-refractivity contribution in [3.05, 3.63) is 46.5 Å². The van der Waals surface area contributed by atoms with E-state index in [1.54, 1.807) is 24.3 Å². The largest absolute Gasteiger partial charge is 0.493 e. The van der Waals surface area contributed by atoms with E-state index in [1.165, 1.54) is 13.2 Å². The predicted molar refractivity (Wildman–Crippen MR) is 82.2 cm³/mol. The molecule has 0 aliphatic heterocycles. The molecule has 0 saturated heterocycles. The number of hydrogen-bond donors (Lipinski definition) is 2. The number of rotatable bonds is 4. The van der Waals surface area contributed by atoms with Crippen LogP contribution in [-0.4, -0.2) is 13.0 Å². The minimum Gasteiger partial charge on any atom is -0.493 e. The van der Waals surface area contributed by atoms with Gasteiger partial charge in [0.05, 0.1) is 17.8 Å². The molecule has 0 atom stereocenters. The van der Waals surface area contributed by atoms with E-state index in [2.05, 4.69) is 0 Å². The fourth-order valence-electron chi connectivity index (χ4n) is 1.82. The zero-order valence-electron chi connectivity index (χ0n) is 11.6. The summed E-state index contributed by atoms with van der Waals surface area (Å²) in [5, 5.41) is 0.406. The minimum atomic E-state index is -0.536. The Kier molecular flexibility index (Phi) is 4.23. The summed E-state index contributed by atoms with van der Waals surface area (Å²) in [6.07, 6.45) is 0. The molecule has 4 N–H and O–H groups in total. The highest BCUT2D eigenvalue weighted by atomic mass is 35.5. The van der Waals surface area contributed by atoms with Gasteiger partial charge in [-0.15, -0.1) is 0 Å². The molecular formula is C15H15ClN2O3. The maximum absolute atomic E-state index is 11.2. The van der Waals surface area contributed by atoms with Crippen molar-refractivity contribution in [2.45, 2.75) is 6.92 Å². The van der Waals surface area contributed by atoms with Crippen molar-refractivity contribution in [3.8, 4) is 17.2 Å². The van der Waals surface area contributed by atoms with Crippen LogP contribution >= 0.6 is 11.6 Å². The van der Waals surface area contributed by atoms with Crippen LogP contribution in [0.5, 0.6) is 17.2 Å². The third-order valence-corrected chi connectivity index (χ3v) is 3.29. The van der Waals surface area contributed by atoms with Gasteiger partial charge in [0.15, 0.2) is 11.5 Å². The SMILES string of the molecule is COc1cc(C(N)=O)ccc1Oc1cc(Cl)c(N)cc1C. The number of methoxy groups -OCH3 is 1. The van der Waals surface area contributed by atoms with E-state index in [0.29, 0.717) is 33.5 Å². The van der Waals surface area contributed by atoms with Crippen LogP contribution in [0, 0.1) is 6.92 Å². The lowest BCUT2D eigenvalue weighted by Gasteiger charge is -2.13. The van der Waals surface area contributed by atoms with Gasteiger partial charge in [0.2, 0.25) is 5.91 Å². The van der Waals surface area contributed by atoms with Crippen LogP contribution in [0.4, 0.5) is 5.69 Å². The Morgan fingerprint density at radius 1 is 1.14 bits per heavy atom. The Hall–Kier alpha value is -2.40. The van der Waals surface area contributed by atoms with E-state index < -0.39 is 5.91 Å². The molecule has 0 unspecified atom stereocenters. The van der Waals surface area contributed by atoms with Crippen molar-refractivity contribution in [3.63, 3.8) is 0 Å². The molecule has 6 heteroatoms. The molecule has 0 saturated carbocycles. The minimum absolute atomic E-state index is 0.339. The second-order valence-electron chi connectivity index (χ2n) is 4.47. The van der Waals surface area contributed by atoms with E-state index in [1.807, 2.05) is 6.92 Å². The highest BCUT2D eigenvalue weighted by molar-refractivity contribution is 6.33. The van der Waals surface area contributed by atoms with Gasteiger partial charge in [-0.25, -0.2) is 0 Å². The van der Waals surface area contributed by atoms with Gasteiger partial charge in [-0.1, -0.05) is 11.6 Å². The zero-order chi connectivity index (χ0) is 15.6. The number of ether oxygens (including phenoxy) is 2. The molecule has 2 rings (SSSR count). The zero-order valence-corrected chi connectivity index (χ0v) is 12.4. The highest BCUT2D eigenvalue weighted by Gasteiger charge is 2.12. The first-order chi connectivity index (χ1) is 9.92. The van der Waals surface area contributed by atoms with Crippen LogP contribution in [0.2, 0.25) is 5.02 Å². The van der Waals surface area contributed by atoms with Crippen molar-refractivity contribution in [2.75, 3.05) is 12.8 Å². The summed E-state index contributed by atoms with van der Waals surface area (Å²) in [7, 11) is 1.48. The van der Waals surface area contributed by atoms with Crippen LogP contribution < -0.4 is 20.9 Å². The number of amides is 1. The summed E-state index contributed by atoms with van der Waals surface area (Å²) in [6.45, 7) is 1.85. The van der Waals surface area contributed by atoms with Gasteiger partial charge in [0.25, 0.3) is 0 Å². The Morgan fingerprint density at radius 3 is 2.48 bits per heavy atom. The third-order valence-electron chi connectivity index (χ3n) is 2.96. The predicted octanol–water partition coefficient (Wildman–Crippen LogP) is 3.13. The van der Waals surface area contributed by atoms with Crippen molar-refractivity contribution < 1.29 is 14.3 Å². The quantitative estimate of drug-likeness (QED) is 0.849. The number of hydrogen-bond acceptors (Lipinski definition) is 4. The number of carbonyl (C=O) groups is 1. The fourth-order valence-corrected chi connectivity index (χ4v) is 1.97. The second kappa shape index (κ2) is 5.93. The van der Waals surface area contributed by atoms with E-state index in [-0.39, 0.29) is 0 Å².